The number of halogens is 1. The standard InChI is InChI=1S/C18H21FN4S/c1-3-21-18(23(2)9-8-16-5-4-10-24-16)22-13-15-11-14(12-20)6-7-17(15)19/h4-7,10-11H,3,8-9,13H2,1-2H3,(H,21,22). The monoisotopic (exact) mass is 344 g/mol. The van der Waals surface area contributed by atoms with Gasteiger partial charge in [-0.2, -0.15) is 5.26 Å². The Kier molecular flexibility index (Phi) is 6.76. The number of nitriles is 1. The molecule has 1 N–H and O–H groups in total. The van der Waals surface area contributed by atoms with Crippen LogP contribution in [0.3, 0.4) is 0 Å². The van der Waals surface area contributed by atoms with E-state index in [1.54, 1.807) is 17.4 Å². The molecular weight excluding hydrogens is 323 g/mol. The normalized spacial score (nSPS) is 11.2. The lowest BCUT2D eigenvalue weighted by Gasteiger charge is -2.21. The summed E-state index contributed by atoms with van der Waals surface area (Å²) in [5.41, 5.74) is 0.869. The van der Waals surface area contributed by atoms with Crippen LogP contribution < -0.4 is 5.32 Å². The number of nitrogens with one attached hydrogen (secondary N) is 1. The Balaban J connectivity index is 2.05. The quantitative estimate of drug-likeness (QED) is 0.645. The molecule has 0 aliphatic carbocycles. The highest BCUT2D eigenvalue weighted by atomic mass is 32.1. The maximum Gasteiger partial charge on any atom is 0.193 e. The maximum absolute atomic E-state index is 13.9. The molecule has 0 unspecified atom stereocenters. The number of nitrogens with zero attached hydrogens (tertiary/aromatic N) is 3. The first-order chi connectivity index (χ1) is 11.6. The lowest BCUT2D eigenvalue weighted by atomic mass is 10.1. The van der Waals surface area contributed by atoms with E-state index in [1.807, 2.05) is 31.0 Å². The minimum absolute atomic E-state index is 0.201. The topological polar surface area (TPSA) is 51.4 Å². The van der Waals surface area contributed by atoms with Gasteiger partial charge >= 0.3 is 0 Å². The number of benzene rings is 1. The number of hydrogen-bond donors (Lipinski definition) is 1. The maximum atomic E-state index is 13.9. The Hall–Kier alpha value is -2.39. The van der Waals surface area contributed by atoms with Crippen LogP contribution in [-0.4, -0.2) is 31.0 Å². The minimum Gasteiger partial charge on any atom is -0.357 e. The van der Waals surface area contributed by atoms with E-state index in [1.165, 1.54) is 17.0 Å². The molecule has 6 heteroatoms. The van der Waals surface area contributed by atoms with Crippen molar-refractivity contribution in [3.05, 3.63) is 57.5 Å². The molecule has 0 bridgehead atoms. The Morgan fingerprint density at radius 2 is 2.25 bits per heavy atom. The number of rotatable bonds is 6. The highest BCUT2D eigenvalue weighted by molar-refractivity contribution is 7.09. The first-order valence-corrected chi connectivity index (χ1v) is 8.72. The highest BCUT2D eigenvalue weighted by Crippen LogP contribution is 2.12. The summed E-state index contributed by atoms with van der Waals surface area (Å²) in [6, 6.07) is 10.5. The summed E-state index contributed by atoms with van der Waals surface area (Å²) in [4.78, 5) is 7.87. The lowest BCUT2D eigenvalue weighted by molar-refractivity contribution is 0.486. The van der Waals surface area contributed by atoms with Crippen molar-refractivity contribution in [2.75, 3.05) is 20.1 Å². The molecule has 0 fully saturated rings. The third kappa shape index (κ3) is 5.07. The number of aliphatic imine (C=N–C) groups is 1. The average molecular weight is 344 g/mol. The molecule has 1 aromatic heterocycles. The average Bonchev–Trinajstić information content (AvgIpc) is 3.11. The van der Waals surface area contributed by atoms with Gasteiger partial charge in [-0.05, 0) is 43.0 Å². The first kappa shape index (κ1) is 18.0. The van der Waals surface area contributed by atoms with Gasteiger partial charge in [0.05, 0.1) is 18.2 Å². The summed E-state index contributed by atoms with van der Waals surface area (Å²) in [7, 11) is 1.97. The van der Waals surface area contributed by atoms with Gasteiger partial charge in [-0.25, -0.2) is 9.38 Å². The fraction of sp³-hybridized carbons (Fsp3) is 0.333. The van der Waals surface area contributed by atoms with Crippen molar-refractivity contribution in [1.29, 1.82) is 5.26 Å². The second-order valence-corrected chi connectivity index (χ2v) is 6.37. The second kappa shape index (κ2) is 9.04. The van der Waals surface area contributed by atoms with Crippen molar-refractivity contribution in [2.24, 2.45) is 4.99 Å². The Morgan fingerprint density at radius 1 is 1.42 bits per heavy atom. The molecule has 2 rings (SSSR count). The van der Waals surface area contributed by atoms with Crippen molar-refractivity contribution >= 4 is 17.3 Å². The SMILES string of the molecule is CCNC(=NCc1cc(C#N)ccc1F)N(C)CCc1cccs1. The second-order valence-electron chi connectivity index (χ2n) is 5.34. The summed E-state index contributed by atoms with van der Waals surface area (Å²) in [6.07, 6.45) is 0.941. The van der Waals surface area contributed by atoms with Crippen LogP contribution in [0.2, 0.25) is 0 Å². The number of likely N-dealkylation sites (N-methyl/N-ethyl adjacent to an activating group) is 1. The fourth-order valence-electron chi connectivity index (χ4n) is 2.23. The highest BCUT2D eigenvalue weighted by Gasteiger charge is 2.08. The molecule has 0 spiro atoms. The predicted octanol–water partition coefficient (Wildman–Crippen LogP) is 3.40. The number of hydrogen-bond acceptors (Lipinski definition) is 3. The molecule has 0 radical (unpaired) electrons. The minimum atomic E-state index is -0.338. The van der Waals surface area contributed by atoms with E-state index in [9.17, 15) is 4.39 Å². The predicted molar refractivity (Wildman–Crippen MR) is 96.6 cm³/mol. The summed E-state index contributed by atoms with van der Waals surface area (Å²) in [5.74, 6) is 0.394. The van der Waals surface area contributed by atoms with E-state index in [4.69, 9.17) is 5.26 Å². The van der Waals surface area contributed by atoms with Crippen molar-refractivity contribution < 1.29 is 4.39 Å². The van der Waals surface area contributed by atoms with Crippen molar-refractivity contribution in [3.63, 3.8) is 0 Å². The summed E-state index contributed by atoms with van der Waals surface area (Å²) in [6.45, 7) is 3.77. The van der Waals surface area contributed by atoms with Gasteiger partial charge in [0.2, 0.25) is 0 Å². The summed E-state index contributed by atoms with van der Waals surface area (Å²) in [5, 5.41) is 14.2. The van der Waals surface area contributed by atoms with Crippen molar-refractivity contribution in [3.8, 4) is 6.07 Å². The van der Waals surface area contributed by atoms with Crippen LogP contribution in [0.15, 0.2) is 40.7 Å². The van der Waals surface area contributed by atoms with Gasteiger partial charge in [-0.3, -0.25) is 0 Å². The zero-order chi connectivity index (χ0) is 17.4. The van der Waals surface area contributed by atoms with Crippen LogP contribution >= 0.6 is 11.3 Å². The summed E-state index contributed by atoms with van der Waals surface area (Å²) < 4.78 is 13.9. The third-order valence-corrected chi connectivity index (χ3v) is 4.48. The molecule has 2 aromatic rings. The van der Waals surface area contributed by atoms with Crippen LogP contribution in [-0.2, 0) is 13.0 Å². The van der Waals surface area contributed by atoms with E-state index in [2.05, 4.69) is 21.8 Å². The van der Waals surface area contributed by atoms with Gasteiger partial charge < -0.3 is 10.2 Å². The fourth-order valence-corrected chi connectivity index (χ4v) is 2.93. The van der Waals surface area contributed by atoms with E-state index in [0.717, 1.165) is 25.5 Å². The van der Waals surface area contributed by atoms with Crippen LogP contribution in [0.4, 0.5) is 4.39 Å². The van der Waals surface area contributed by atoms with E-state index >= 15 is 0 Å². The zero-order valence-corrected chi connectivity index (χ0v) is 14.7. The Labute approximate surface area is 146 Å². The number of guanidine groups is 1. The largest absolute Gasteiger partial charge is 0.357 e. The van der Waals surface area contributed by atoms with Gasteiger partial charge in [-0.15, -0.1) is 11.3 Å². The zero-order valence-electron chi connectivity index (χ0n) is 13.9. The Morgan fingerprint density at radius 3 is 2.92 bits per heavy atom. The van der Waals surface area contributed by atoms with E-state index in [0.29, 0.717) is 11.1 Å². The molecule has 0 aliphatic heterocycles. The van der Waals surface area contributed by atoms with Crippen LogP contribution in [0.5, 0.6) is 0 Å². The van der Waals surface area contributed by atoms with Gasteiger partial charge in [0.25, 0.3) is 0 Å². The number of thiophene rings is 1. The molecule has 0 aliphatic rings. The van der Waals surface area contributed by atoms with E-state index in [-0.39, 0.29) is 12.4 Å². The summed E-state index contributed by atoms with van der Waals surface area (Å²) >= 11 is 1.74. The molecule has 1 heterocycles. The van der Waals surface area contributed by atoms with Crippen molar-refractivity contribution in [2.45, 2.75) is 19.9 Å². The third-order valence-electron chi connectivity index (χ3n) is 3.54. The molecular formula is C18H21FN4S. The van der Waals surface area contributed by atoms with Crippen LogP contribution in [0.25, 0.3) is 0 Å². The molecule has 4 nitrogen and oxygen atoms in total. The smallest absolute Gasteiger partial charge is 0.193 e. The Bertz CT molecular complexity index is 719. The molecule has 24 heavy (non-hydrogen) atoms. The van der Waals surface area contributed by atoms with E-state index < -0.39 is 0 Å². The molecule has 0 amide bonds. The molecule has 126 valence electrons. The van der Waals surface area contributed by atoms with Crippen LogP contribution in [0, 0.1) is 17.1 Å². The van der Waals surface area contributed by atoms with Gasteiger partial charge in [-0.1, -0.05) is 6.07 Å². The van der Waals surface area contributed by atoms with Gasteiger partial charge in [0, 0.05) is 30.6 Å². The van der Waals surface area contributed by atoms with Gasteiger partial charge in [0.1, 0.15) is 5.82 Å². The van der Waals surface area contributed by atoms with Gasteiger partial charge in [0.15, 0.2) is 5.96 Å². The first-order valence-electron chi connectivity index (χ1n) is 7.84. The lowest BCUT2D eigenvalue weighted by Crippen LogP contribution is -2.39. The molecule has 1 aromatic carbocycles. The molecule has 0 atom stereocenters. The van der Waals surface area contributed by atoms with Crippen molar-refractivity contribution in [1.82, 2.24) is 10.2 Å². The molecule has 0 saturated heterocycles. The molecule has 0 saturated carbocycles. The van der Waals surface area contributed by atoms with Crippen LogP contribution in [0.1, 0.15) is 22.9 Å².